The van der Waals surface area contributed by atoms with Gasteiger partial charge in [0, 0.05) is 25.8 Å². The Morgan fingerprint density at radius 1 is 1.39 bits per heavy atom. The van der Waals surface area contributed by atoms with E-state index in [1.54, 1.807) is 0 Å². The summed E-state index contributed by atoms with van der Waals surface area (Å²) in [5.74, 6) is 0. The standard InChI is InChI=1S/C15H26N2O/c1-4-15(18,12-16)9-6-10-17(3)14-8-5-7-13(2)11-14/h5,7-8,11,18H,4,6,9-10,12,16H2,1-3H3. The van der Waals surface area contributed by atoms with Crippen LogP contribution in [0.5, 0.6) is 0 Å². The van der Waals surface area contributed by atoms with E-state index in [1.165, 1.54) is 11.3 Å². The molecule has 1 aromatic carbocycles. The number of nitrogens with zero attached hydrogens (tertiary/aromatic N) is 1. The van der Waals surface area contributed by atoms with Crippen LogP contribution in [-0.4, -0.2) is 30.8 Å². The van der Waals surface area contributed by atoms with Crippen molar-refractivity contribution >= 4 is 5.69 Å². The Balaban J connectivity index is 2.44. The fraction of sp³-hybridized carbons (Fsp3) is 0.600. The molecule has 0 fully saturated rings. The molecule has 0 aliphatic heterocycles. The molecule has 0 spiro atoms. The number of aryl methyl sites for hydroxylation is 1. The number of anilines is 1. The van der Waals surface area contributed by atoms with Crippen LogP contribution in [0.25, 0.3) is 0 Å². The van der Waals surface area contributed by atoms with Gasteiger partial charge in [-0.15, -0.1) is 0 Å². The summed E-state index contributed by atoms with van der Waals surface area (Å²) in [7, 11) is 2.09. The molecule has 0 aliphatic rings. The van der Waals surface area contributed by atoms with Gasteiger partial charge in [-0.25, -0.2) is 0 Å². The maximum Gasteiger partial charge on any atom is 0.0767 e. The molecule has 3 N–H and O–H groups in total. The van der Waals surface area contributed by atoms with Crippen molar-refractivity contribution in [1.29, 1.82) is 0 Å². The first kappa shape index (κ1) is 15.0. The predicted octanol–water partition coefficient (Wildman–Crippen LogP) is 2.31. The Morgan fingerprint density at radius 3 is 2.67 bits per heavy atom. The molecule has 1 unspecified atom stereocenters. The zero-order valence-electron chi connectivity index (χ0n) is 11.8. The van der Waals surface area contributed by atoms with Gasteiger partial charge in [0.05, 0.1) is 5.60 Å². The van der Waals surface area contributed by atoms with Gasteiger partial charge in [0.1, 0.15) is 0 Å². The van der Waals surface area contributed by atoms with Gasteiger partial charge in [-0.3, -0.25) is 0 Å². The number of nitrogens with two attached hydrogens (primary N) is 1. The highest BCUT2D eigenvalue weighted by Crippen LogP contribution is 2.18. The van der Waals surface area contributed by atoms with Gasteiger partial charge < -0.3 is 15.7 Å². The summed E-state index contributed by atoms with van der Waals surface area (Å²) in [6.45, 7) is 5.36. The van der Waals surface area contributed by atoms with E-state index in [9.17, 15) is 5.11 Å². The van der Waals surface area contributed by atoms with Crippen molar-refractivity contribution in [3.05, 3.63) is 29.8 Å². The van der Waals surface area contributed by atoms with Crippen molar-refractivity contribution in [3.63, 3.8) is 0 Å². The number of hydrogen-bond donors (Lipinski definition) is 2. The smallest absolute Gasteiger partial charge is 0.0767 e. The van der Waals surface area contributed by atoms with Crippen molar-refractivity contribution in [2.45, 2.75) is 38.7 Å². The van der Waals surface area contributed by atoms with Crippen molar-refractivity contribution in [2.75, 3.05) is 25.0 Å². The number of rotatable bonds is 7. The lowest BCUT2D eigenvalue weighted by molar-refractivity contribution is 0.0350. The maximum atomic E-state index is 10.1. The van der Waals surface area contributed by atoms with Crippen LogP contribution in [0.15, 0.2) is 24.3 Å². The van der Waals surface area contributed by atoms with Gasteiger partial charge in [-0.1, -0.05) is 19.1 Å². The first-order chi connectivity index (χ1) is 8.50. The molecule has 3 heteroatoms. The van der Waals surface area contributed by atoms with Crippen LogP contribution in [0.1, 0.15) is 31.7 Å². The Labute approximate surface area is 111 Å². The Bertz CT molecular complexity index is 361. The van der Waals surface area contributed by atoms with Gasteiger partial charge >= 0.3 is 0 Å². The number of aliphatic hydroxyl groups is 1. The summed E-state index contributed by atoms with van der Waals surface area (Å²) < 4.78 is 0. The van der Waals surface area contributed by atoms with Crippen LogP contribution in [0.2, 0.25) is 0 Å². The Kier molecular flexibility index (Phi) is 5.63. The summed E-state index contributed by atoms with van der Waals surface area (Å²) in [5.41, 5.74) is 7.41. The first-order valence-corrected chi connectivity index (χ1v) is 6.71. The lowest BCUT2D eigenvalue weighted by atomic mass is 9.95. The van der Waals surface area contributed by atoms with E-state index in [1.807, 2.05) is 6.92 Å². The molecule has 0 amide bonds. The largest absolute Gasteiger partial charge is 0.389 e. The highest BCUT2D eigenvalue weighted by molar-refractivity contribution is 5.47. The molecule has 0 aliphatic carbocycles. The van der Waals surface area contributed by atoms with Crippen LogP contribution < -0.4 is 10.6 Å². The molecule has 0 radical (unpaired) electrons. The molecule has 3 nitrogen and oxygen atoms in total. The third-order valence-corrected chi connectivity index (χ3v) is 3.62. The monoisotopic (exact) mass is 250 g/mol. The van der Waals surface area contributed by atoms with Crippen molar-refractivity contribution < 1.29 is 5.11 Å². The fourth-order valence-electron chi connectivity index (χ4n) is 2.06. The second-order valence-corrected chi connectivity index (χ2v) is 5.15. The average Bonchev–Trinajstić information content (AvgIpc) is 2.38. The lowest BCUT2D eigenvalue weighted by Crippen LogP contribution is -2.37. The second-order valence-electron chi connectivity index (χ2n) is 5.15. The van der Waals surface area contributed by atoms with Gasteiger partial charge in [-0.2, -0.15) is 0 Å². The van der Waals surface area contributed by atoms with E-state index in [2.05, 4.69) is 43.1 Å². The summed E-state index contributed by atoms with van der Waals surface area (Å²) in [5, 5.41) is 10.1. The van der Waals surface area contributed by atoms with Crippen LogP contribution >= 0.6 is 0 Å². The van der Waals surface area contributed by atoms with E-state index in [0.717, 1.165) is 25.8 Å². The zero-order valence-corrected chi connectivity index (χ0v) is 11.8. The predicted molar refractivity (Wildman–Crippen MR) is 78.0 cm³/mol. The van der Waals surface area contributed by atoms with Crippen LogP contribution in [0.3, 0.4) is 0 Å². The van der Waals surface area contributed by atoms with Crippen LogP contribution in [0, 0.1) is 6.92 Å². The molecule has 0 saturated heterocycles. The molecule has 0 saturated carbocycles. The fourth-order valence-corrected chi connectivity index (χ4v) is 2.06. The van der Waals surface area contributed by atoms with Crippen molar-refractivity contribution in [1.82, 2.24) is 0 Å². The van der Waals surface area contributed by atoms with Crippen molar-refractivity contribution in [3.8, 4) is 0 Å². The van der Waals surface area contributed by atoms with Gasteiger partial charge in [0.25, 0.3) is 0 Å². The van der Waals surface area contributed by atoms with E-state index in [4.69, 9.17) is 5.73 Å². The zero-order chi connectivity index (χ0) is 13.6. The maximum absolute atomic E-state index is 10.1. The molecule has 1 atom stereocenters. The third-order valence-electron chi connectivity index (χ3n) is 3.62. The minimum absolute atomic E-state index is 0.345. The molecular weight excluding hydrogens is 224 g/mol. The first-order valence-electron chi connectivity index (χ1n) is 6.71. The normalized spacial score (nSPS) is 14.3. The molecule has 0 aromatic heterocycles. The van der Waals surface area contributed by atoms with E-state index >= 15 is 0 Å². The Hall–Kier alpha value is -1.06. The topological polar surface area (TPSA) is 49.5 Å². The minimum atomic E-state index is -0.687. The second kappa shape index (κ2) is 6.76. The average molecular weight is 250 g/mol. The van der Waals surface area contributed by atoms with E-state index < -0.39 is 5.60 Å². The van der Waals surface area contributed by atoms with E-state index in [-0.39, 0.29) is 0 Å². The summed E-state index contributed by atoms with van der Waals surface area (Å²) >= 11 is 0. The van der Waals surface area contributed by atoms with Gasteiger partial charge in [-0.05, 0) is 43.9 Å². The highest BCUT2D eigenvalue weighted by Gasteiger charge is 2.21. The van der Waals surface area contributed by atoms with Crippen LogP contribution in [0.4, 0.5) is 5.69 Å². The summed E-state index contributed by atoms with van der Waals surface area (Å²) in [4.78, 5) is 2.22. The summed E-state index contributed by atoms with van der Waals surface area (Å²) in [6, 6.07) is 8.46. The molecule has 18 heavy (non-hydrogen) atoms. The molecule has 1 rings (SSSR count). The third kappa shape index (κ3) is 4.31. The van der Waals surface area contributed by atoms with Crippen LogP contribution in [-0.2, 0) is 0 Å². The van der Waals surface area contributed by atoms with Crippen molar-refractivity contribution in [2.24, 2.45) is 5.73 Å². The van der Waals surface area contributed by atoms with Gasteiger partial charge in [0.15, 0.2) is 0 Å². The lowest BCUT2D eigenvalue weighted by Gasteiger charge is -2.27. The minimum Gasteiger partial charge on any atom is -0.389 e. The summed E-state index contributed by atoms with van der Waals surface area (Å²) in [6.07, 6.45) is 2.43. The molecule has 0 heterocycles. The molecule has 1 aromatic rings. The molecular formula is C15H26N2O. The van der Waals surface area contributed by atoms with E-state index in [0.29, 0.717) is 6.54 Å². The quantitative estimate of drug-likeness (QED) is 0.781. The number of hydrogen-bond acceptors (Lipinski definition) is 3. The SMILES string of the molecule is CCC(O)(CN)CCCN(C)c1cccc(C)c1. The molecule has 102 valence electrons. The number of benzene rings is 1. The Morgan fingerprint density at radius 2 is 2.11 bits per heavy atom. The molecule has 0 bridgehead atoms. The van der Waals surface area contributed by atoms with Gasteiger partial charge in [0.2, 0.25) is 0 Å². The highest BCUT2D eigenvalue weighted by atomic mass is 16.3.